The summed E-state index contributed by atoms with van der Waals surface area (Å²) in [5.41, 5.74) is 3.86. The van der Waals surface area contributed by atoms with E-state index in [0.717, 1.165) is 28.9 Å². The summed E-state index contributed by atoms with van der Waals surface area (Å²) in [6, 6.07) is 13.2. The Morgan fingerprint density at radius 1 is 1.20 bits per heavy atom. The molecule has 2 aromatic carbocycles. The third kappa shape index (κ3) is 2.98. The molecule has 0 spiro atoms. The summed E-state index contributed by atoms with van der Waals surface area (Å²) in [7, 11) is 1.81. The number of ether oxygens (including phenoxy) is 1. The van der Waals surface area contributed by atoms with E-state index in [2.05, 4.69) is 16.3 Å². The smallest absolute Gasteiger partial charge is 0.227 e. The molecule has 1 aliphatic rings. The third-order valence-electron chi connectivity index (χ3n) is 4.34. The molecule has 4 rings (SSSR count). The van der Waals surface area contributed by atoms with Crippen LogP contribution in [0.3, 0.4) is 0 Å². The molecule has 0 unspecified atom stereocenters. The minimum absolute atomic E-state index is 0.145. The van der Waals surface area contributed by atoms with Crippen molar-refractivity contribution in [3.8, 4) is 22.8 Å². The molecule has 1 amide bonds. The Morgan fingerprint density at radius 3 is 2.92 bits per heavy atom. The molecule has 5 nitrogen and oxygen atoms in total. The number of H-pyrrole nitrogens is 1. The normalized spacial score (nSPS) is 13.7. The predicted molar refractivity (Wildman–Crippen MR) is 97.3 cm³/mol. The second kappa shape index (κ2) is 6.26. The van der Waals surface area contributed by atoms with E-state index in [-0.39, 0.29) is 5.91 Å². The molecule has 0 saturated heterocycles. The van der Waals surface area contributed by atoms with Crippen molar-refractivity contribution in [1.82, 2.24) is 10.2 Å². The van der Waals surface area contributed by atoms with Gasteiger partial charge in [0.15, 0.2) is 5.75 Å². The van der Waals surface area contributed by atoms with E-state index >= 15 is 0 Å². The molecule has 3 aromatic rings. The Hall–Kier alpha value is -2.79. The Kier molecular flexibility index (Phi) is 3.93. The Bertz CT molecular complexity index is 951. The summed E-state index contributed by atoms with van der Waals surface area (Å²) >= 11 is 6.01. The van der Waals surface area contributed by atoms with Gasteiger partial charge in [-0.1, -0.05) is 23.7 Å². The summed E-state index contributed by atoms with van der Waals surface area (Å²) in [5.74, 6) is 1.42. The van der Waals surface area contributed by atoms with Crippen LogP contribution >= 0.6 is 11.6 Å². The van der Waals surface area contributed by atoms with Crippen LogP contribution in [-0.4, -0.2) is 23.2 Å². The molecule has 1 N–H and O–H groups in total. The fourth-order valence-corrected chi connectivity index (χ4v) is 3.21. The number of anilines is 1. The molecule has 25 heavy (non-hydrogen) atoms. The lowest BCUT2D eigenvalue weighted by atomic mass is 9.98. The first-order valence-corrected chi connectivity index (χ1v) is 8.36. The summed E-state index contributed by atoms with van der Waals surface area (Å²) in [6.45, 7) is 0. The highest BCUT2D eigenvalue weighted by molar-refractivity contribution is 6.30. The molecule has 0 radical (unpaired) electrons. The number of benzene rings is 2. The topological polar surface area (TPSA) is 58.2 Å². The van der Waals surface area contributed by atoms with E-state index < -0.39 is 0 Å². The molecule has 0 aliphatic carbocycles. The molecule has 0 bridgehead atoms. The maximum absolute atomic E-state index is 11.8. The van der Waals surface area contributed by atoms with E-state index in [0.29, 0.717) is 22.9 Å². The number of aromatic amines is 1. The number of hydrogen-bond acceptors (Lipinski definition) is 3. The number of fused-ring (bicyclic) bond motifs is 1. The van der Waals surface area contributed by atoms with Crippen molar-refractivity contribution in [2.45, 2.75) is 12.8 Å². The first-order chi connectivity index (χ1) is 12.1. The predicted octanol–water partition coefficient (Wildman–Crippen LogP) is 4.43. The Balaban J connectivity index is 1.68. The Labute approximate surface area is 150 Å². The average Bonchev–Trinajstić information content (AvgIpc) is 3.06. The summed E-state index contributed by atoms with van der Waals surface area (Å²) < 4.78 is 5.92. The van der Waals surface area contributed by atoms with Gasteiger partial charge in [-0.15, -0.1) is 0 Å². The second-order valence-electron chi connectivity index (χ2n) is 5.96. The maximum Gasteiger partial charge on any atom is 0.227 e. The SMILES string of the molecule is CN1C(=O)CCc2cc(-c3[nH]ncc3Oc3cccc(Cl)c3)ccc21. The van der Waals surface area contributed by atoms with Crippen LogP contribution in [0.2, 0.25) is 5.02 Å². The van der Waals surface area contributed by atoms with Crippen LogP contribution in [0.25, 0.3) is 11.3 Å². The minimum atomic E-state index is 0.145. The fourth-order valence-electron chi connectivity index (χ4n) is 3.03. The van der Waals surface area contributed by atoms with Crippen molar-refractivity contribution in [2.75, 3.05) is 11.9 Å². The molecule has 1 aromatic heterocycles. The average molecular weight is 354 g/mol. The van der Waals surface area contributed by atoms with Crippen LogP contribution in [0.1, 0.15) is 12.0 Å². The van der Waals surface area contributed by atoms with Crippen LogP contribution in [0.4, 0.5) is 5.69 Å². The number of nitrogens with one attached hydrogen (secondary N) is 1. The highest BCUT2D eigenvalue weighted by atomic mass is 35.5. The van der Waals surface area contributed by atoms with Gasteiger partial charge in [-0.05, 0) is 42.3 Å². The van der Waals surface area contributed by atoms with Crippen LogP contribution in [0.5, 0.6) is 11.5 Å². The Morgan fingerprint density at radius 2 is 2.08 bits per heavy atom. The van der Waals surface area contributed by atoms with E-state index in [1.165, 1.54) is 0 Å². The minimum Gasteiger partial charge on any atom is -0.453 e. The molecule has 0 saturated carbocycles. The molecular weight excluding hydrogens is 338 g/mol. The number of aryl methyl sites for hydroxylation is 1. The van der Waals surface area contributed by atoms with Crippen molar-refractivity contribution in [1.29, 1.82) is 0 Å². The zero-order valence-electron chi connectivity index (χ0n) is 13.6. The summed E-state index contributed by atoms with van der Waals surface area (Å²) in [6.07, 6.45) is 2.91. The molecular formula is C19H16ClN3O2. The lowest BCUT2D eigenvalue weighted by Crippen LogP contribution is -2.30. The van der Waals surface area contributed by atoms with Crippen LogP contribution in [0, 0.1) is 0 Å². The van der Waals surface area contributed by atoms with Gasteiger partial charge < -0.3 is 9.64 Å². The zero-order valence-corrected chi connectivity index (χ0v) is 14.4. The van der Waals surface area contributed by atoms with E-state index in [1.54, 1.807) is 23.2 Å². The molecule has 0 fully saturated rings. The summed E-state index contributed by atoms with van der Waals surface area (Å²) in [4.78, 5) is 13.5. The van der Waals surface area contributed by atoms with Gasteiger partial charge in [0.25, 0.3) is 0 Å². The van der Waals surface area contributed by atoms with Crippen molar-refractivity contribution in [3.05, 3.63) is 59.2 Å². The first-order valence-electron chi connectivity index (χ1n) is 7.98. The lowest BCUT2D eigenvalue weighted by Gasteiger charge is -2.26. The second-order valence-corrected chi connectivity index (χ2v) is 6.40. The van der Waals surface area contributed by atoms with Crippen molar-refractivity contribution in [2.24, 2.45) is 0 Å². The molecule has 1 aliphatic heterocycles. The molecule has 6 heteroatoms. The van der Waals surface area contributed by atoms with Crippen molar-refractivity contribution < 1.29 is 9.53 Å². The third-order valence-corrected chi connectivity index (χ3v) is 4.58. The van der Waals surface area contributed by atoms with E-state index in [9.17, 15) is 4.79 Å². The quantitative estimate of drug-likeness (QED) is 0.757. The monoisotopic (exact) mass is 353 g/mol. The van der Waals surface area contributed by atoms with Crippen molar-refractivity contribution in [3.63, 3.8) is 0 Å². The van der Waals surface area contributed by atoms with Gasteiger partial charge in [-0.25, -0.2) is 0 Å². The molecule has 0 atom stereocenters. The first kappa shape index (κ1) is 15.7. The number of nitrogens with zero attached hydrogens (tertiary/aromatic N) is 2. The lowest BCUT2D eigenvalue weighted by molar-refractivity contribution is -0.118. The summed E-state index contributed by atoms with van der Waals surface area (Å²) in [5, 5.41) is 7.72. The van der Waals surface area contributed by atoms with Crippen molar-refractivity contribution >= 4 is 23.2 Å². The standard InChI is InChI=1S/C19H16ClN3O2/c1-23-16-7-5-13(9-12(16)6-8-18(23)24)19-17(11-21-22-19)25-15-4-2-3-14(20)10-15/h2-5,7,9-11H,6,8H2,1H3,(H,21,22). The fraction of sp³-hybridized carbons (Fsp3) is 0.158. The van der Waals surface area contributed by atoms with Gasteiger partial charge in [-0.2, -0.15) is 5.10 Å². The van der Waals surface area contributed by atoms with Gasteiger partial charge in [0.1, 0.15) is 11.4 Å². The number of carbonyl (C=O) groups excluding carboxylic acids is 1. The van der Waals surface area contributed by atoms with Gasteiger partial charge in [0.2, 0.25) is 5.91 Å². The van der Waals surface area contributed by atoms with Crippen LogP contribution in [-0.2, 0) is 11.2 Å². The zero-order chi connectivity index (χ0) is 17.4. The number of amides is 1. The van der Waals surface area contributed by atoms with Crippen LogP contribution < -0.4 is 9.64 Å². The van der Waals surface area contributed by atoms with Gasteiger partial charge >= 0.3 is 0 Å². The highest BCUT2D eigenvalue weighted by Crippen LogP contribution is 2.36. The number of aromatic nitrogens is 2. The van der Waals surface area contributed by atoms with E-state index in [4.69, 9.17) is 16.3 Å². The highest BCUT2D eigenvalue weighted by Gasteiger charge is 2.22. The number of halogens is 1. The number of carbonyl (C=O) groups is 1. The van der Waals surface area contributed by atoms with Gasteiger partial charge in [0, 0.05) is 29.7 Å². The largest absolute Gasteiger partial charge is 0.453 e. The van der Waals surface area contributed by atoms with E-state index in [1.807, 2.05) is 31.3 Å². The molecule has 126 valence electrons. The van der Waals surface area contributed by atoms with Gasteiger partial charge in [0.05, 0.1) is 6.20 Å². The molecule has 2 heterocycles. The maximum atomic E-state index is 11.8. The van der Waals surface area contributed by atoms with Gasteiger partial charge in [-0.3, -0.25) is 9.89 Å². The number of hydrogen-bond donors (Lipinski definition) is 1. The number of rotatable bonds is 3. The van der Waals surface area contributed by atoms with Crippen LogP contribution in [0.15, 0.2) is 48.7 Å².